The number of ether oxygens (including phenoxy) is 2. The van der Waals surface area contributed by atoms with Crippen molar-refractivity contribution in [3.63, 3.8) is 0 Å². The Bertz CT molecular complexity index is 1190. The lowest BCUT2D eigenvalue weighted by Crippen LogP contribution is -2.37. The Morgan fingerprint density at radius 2 is 1.61 bits per heavy atom. The van der Waals surface area contributed by atoms with E-state index >= 15 is 0 Å². The third kappa shape index (κ3) is 14.5. The highest BCUT2D eigenvalue weighted by atomic mass is 16.5. The Labute approximate surface area is 262 Å². The van der Waals surface area contributed by atoms with E-state index in [-0.39, 0.29) is 42.5 Å². The minimum atomic E-state index is -0.701. The number of nitrogens with two attached hydrogens (primary N) is 2. The van der Waals surface area contributed by atoms with Crippen LogP contribution in [-0.4, -0.2) is 50.7 Å². The number of esters is 2. The summed E-state index contributed by atoms with van der Waals surface area (Å²) in [7, 11) is 0. The summed E-state index contributed by atoms with van der Waals surface area (Å²) in [6.45, 7) is 6.56. The summed E-state index contributed by atoms with van der Waals surface area (Å²) >= 11 is 0. The van der Waals surface area contributed by atoms with Crippen LogP contribution in [0.4, 0.5) is 5.95 Å². The van der Waals surface area contributed by atoms with Gasteiger partial charge in [0, 0.05) is 18.9 Å². The van der Waals surface area contributed by atoms with Gasteiger partial charge in [0.2, 0.25) is 5.95 Å². The first-order valence-electron chi connectivity index (χ1n) is 16.7. The van der Waals surface area contributed by atoms with Crippen molar-refractivity contribution >= 4 is 29.1 Å². The molecule has 0 bridgehead atoms. The van der Waals surface area contributed by atoms with Crippen LogP contribution in [-0.2, 0) is 25.6 Å². The van der Waals surface area contributed by atoms with Gasteiger partial charge in [-0.15, -0.1) is 0 Å². The average Bonchev–Trinajstić information content (AvgIpc) is 3.39. The van der Waals surface area contributed by atoms with Gasteiger partial charge in [-0.2, -0.15) is 4.98 Å². The Balaban J connectivity index is 1.72. The molecule has 0 saturated carbocycles. The first kappa shape index (κ1) is 37.0. The largest absolute Gasteiger partial charge is 0.465 e. The van der Waals surface area contributed by atoms with Crippen LogP contribution in [0.25, 0.3) is 11.2 Å². The molecule has 11 heteroatoms. The molecule has 2 atom stereocenters. The van der Waals surface area contributed by atoms with Gasteiger partial charge in [-0.25, -0.2) is 4.98 Å². The number of anilines is 1. The van der Waals surface area contributed by atoms with Crippen molar-refractivity contribution < 1.29 is 19.1 Å². The average molecular weight is 617 g/mol. The van der Waals surface area contributed by atoms with Crippen LogP contribution in [0, 0.1) is 11.8 Å². The molecular formula is C33H56N6O5. The summed E-state index contributed by atoms with van der Waals surface area (Å²) in [6.07, 6.45) is 22.6. The van der Waals surface area contributed by atoms with E-state index in [4.69, 9.17) is 20.9 Å². The van der Waals surface area contributed by atoms with E-state index < -0.39 is 17.6 Å². The summed E-state index contributed by atoms with van der Waals surface area (Å²) in [4.78, 5) is 47.7. The number of unbranched alkanes of at least 4 members (excludes halogenated alkanes) is 11. The number of hydrogen-bond acceptors (Lipinski definition) is 9. The number of nitrogens with one attached hydrogen (secondary N) is 1. The van der Waals surface area contributed by atoms with E-state index in [2.05, 4.69) is 34.0 Å². The van der Waals surface area contributed by atoms with Gasteiger partial charge in [-0.05, 0) is 44.4 Å². The number of allylic oxidation sites excluding steroid dienone is 2. The molecule has 0 fully saturated rings. The fourth-order valence-corrected chi connectivity index (χ4v) is 4.93. The number of aromatic nitrogens is 4. The number of hydrogen-bond donors (Lipinski definition) is 3. The first-order valence-corrected chi connectivity index (χ1v) is 16.7. The van der Waals surface area contributed by atoms with Crippen molar-refractivity contribution in [2.24, 2.45) is 17.6 Å². The summed E-state index contributed by atoms with van der Waals surface area (Å²) in [5, 5.41) is 0. The molecule has 0 saturated heterocycles. The molecule has 0 unspecified atom stereocenters. The second-order valence-corrected chi connectivity index (χ2v) is 12.1. The van der Waals surface area contributed by atoms with Crippen LogP contribution in [0.5, 0.6) is 0 Å². The molecule has 2 rings (SSSR count). The van der Waals surface area contributed by atoms with Gasteiger partial charge in [-0.1, -0.05) is 84.3 Å². The number of H-pyrrole nitrogens is 1. The van der Waals surface area contributed by atoms with Crippen molar-refractivity contribution in [3.05, 3.63) is 28.8 Å². The van der Waals surface area contributed by atoms with Gasteiger partial charge >= 0.3 is 11.9 Å². The van der Waals surface area contributed by atoms with E-state index in [0.717, 1.165) is 25.7 Å². The fraction of sp³-hybridized carbons (Fsp3) is 0.727. The second kappa shape index (κ2) is 21.5. The van der Waals surface area contributed by atoms with E-state index in [1.165, 1.54) is 64.1 Å². The zero-order valence-corrected chi connectivity index (χ0v) is 27.2. The molecular weight excluding hydrogens is 560 g/mol. The zero-order valence-electron chi connectivity index (χ0n) is 27.2. The highest BCUT2D eigenvalue weighted by Gasteiger charge is 2.21. The molecule has 0 spiro atoms. The maximum absolute atomic E-state index is 12.5. The van der Waals surface area contributed by atoms with Crippen molar-refractivity contribution in [1.82, 2.24) is 19.5 Å². The van der Waals surface area contributed by atoms with Crippen molar-refractivity contribution in [2.75, 3.05) is 18.9 Å². The van der Waals surface area contributed by atoms with Crippen LogP contribution in [0.2, 0.25) is 0 Å². The van der Waals surface area contributed by atoms with E-state index in [0.29, 0.717) is 25.0 Å². The van der Waals surface area contributed by atoms with Gasteiger partial charge in [0.1, 0.15) is 6.04 Å². The number of nitrogens with zero attached hydrogens (tertiary/aromatic N) is 3. The zero-order chi connectivity index (χ0) is 32.2. The first-order chi connectivity index (χ1) is 21.2. The molecule has 11 nitrogen and oxygen atoms in total. The monoisotopic (exact) mass is 616 g/mol. The summed E-state index contributed by atoms with van der Waals surface area (Å²) in [5.74, 6) is -0.997. The number of fused-ring (bicyclic) bond motifs is 1. The summed E-state index contributed by atoms with van der Waals surface area (Å²) in [6, 6.07) is -0.701. The molecule has 248 valence electrons. The van der Waals surface area contributed by atoms with Crippen LogP contribution in [0.15, 0.2) is 23.3 Å². The predicted octanol–water partition coefficient (Wildman–Crippen LogP) is 5.82. The van der Waals surface area contributed by atoms with Gasteiger partial charge in [0.15, 0.2) is 11.2 Å². The quantitative estimate of drug-likeness (QED) is 0.0748. The number of carbonyl (C=O) groups is 2. The third-order valence-electron chi connectivity index (χ3n) is 7.83. The lowest BCUT2D eigenvalue weighted by atomic mass is 10.1. The molecule has 2 heterocycles. The molecule has 0 amide bonds. The van der Waals surface area contributed by atoms with Crippen LogP contribution in [0.1, 0.15) is 117 Å². The topological polar surface area (TPSA) is 168 Å². The summed E-state index contributed by atoms with van der Waals surface area (Å²) in [5.41, 5.74) is 11.7. The smallest absolute Gasteiger partial charge is 0.323 e. The number of rotatable bonds is 24. The second-order valence-electron chi connectivity index (χ2n) is 12.1. The molecule has 0 aliphatic heterocycles. The number of nitrogen functional groups attached to an aromatic ring is 1. The maximum atomic E-state index is 12.5. The van der Waals surface area contributed by atoms with Crippen LogP contribution in [0.3, 0.4) is 0 Å². The molecule has 2 aromatic rings. The Kier molecular flexibility index (Phi) is 18.1. The van der Waals surface area contributed by atoms with Crippen LogP contribution < -0.4 is 17.0 Å². The lowest BCUT2D eigenvalue weighted by molar-refractivity contribution is -0.149. The van der Waals surface area contributed by atoms with E-state index in [1.807, 2.05) is 13.8 Å². The molecule has 0 radical (unpaired) electrons. The summed E-state index contributed by atoms with van der Waals surface area (Å²) < 4.78 is 12.7. The minimum Gasteiger partial charge on any atom is -0.465 e. The molecule has 5 N–H and O–H groups in total. The number of imidazole rings is 1. The normalized spacial score (nSPS) is 13.1. The van der Waals surface area contributed by atoms with Gasteiger partial charge in [-0.3, -0.25) is 19.4 Å². The van der Waals surface area contributed by atoms with E-state index in [9.17, 15) is 14.4 Å². The van der Waals surface area contributed by atoms with E-state index in [1.54, 1.807) is 4.57 Å². The Morgan fingerprint density at radius 3 is 2.27 bits per heavy atom. The molecule has 0 aliphatic rings. The lowest BCUT2D eigenvalue weighted by Gasteiger charge is -2.19. The standard InChI is InChI=1S/C33H56N6O5/c1-4-5-6-7-8-9-10-11-12-13-14-15-16-17-18-19-27(40)44-23-26(20-21-43-32(42)28(34)25(2)3)22-39-24-36-29-30(39)37-33(35)38-31(29)41/h14-15,24-26,28H,4-13,16-23,34H2,1-3H3,(H3,35,37,38,41)/b15-14+/t26-,28+/m1/s1. The molecule has 0 aromatic carbocycles. The van der Waals surface area contributed by atoms with Gasteiger partial charge in [0.25, 0.3) is 5.56 Å². The van der Waals surface area contributed by atoms with Gasteiger partial charge in [0.05, 0.1) is 19.5 Å². The Hall–Kier alpha value is -3.21. The van der Waals surface area contributed by atoms with Crippen molar-refractivity contribution in [1.29, 1.82) is 0 Å². The maximum Gasteiger partial charge on any atom is 0.323 e. The molecule has 2 aromatic heterocycles. The van der Waals surface area contributed by atoms with Gasteiger partial charge < -0.3 is 25.5 Å². The molecule has 0 aliphatic carbocycles. The Morgan fingerprint density at radius 1 is 0.977 bits per heavy atom. The SMILES string of the molecule is CCCCCCCCCCC/C=C/CCCCC(=O)OC[C@H](CCOC(=O)[C@@H](N)C(C)C)Cn1cnc2c(=O)[nH]c(N)nc21. The molecule has 44 heavy (non-hydrogen) atoms. The minimum absolute atomic E-state index is 0.0119. The van der Waals surface area contributed by atoms with Crippen LogP contribution >= 0.6 is 0 Å². The number of carbonyl (C=O) groups excluding carboxylic acids is 2. The van der Waals surface area contributed by atoms with Crippen molar-refractivity contribution in [2.45, 2.75) is 130 Å². The predicted molar refractivity (Wildman–Crippen MR) is 175 cm³/mol. The highest BCUT2D eigenvalue weighted by molar-refractivity contribution is 5.75. The third-order valence-corrected chi connectivity index (χ3v) is 7.83. The number of aromatic amines is 1. The highest BCUT2D eigenvalue weighted by Crippen LogP contribution is 2.15. The van der Waals surface area contributed by atoms with Crippen molar-refractivity contribution in [3.8, 4) is 0 Å². The fourth-order valence-electron chi connectivity index (χ4n) is 4.93.